The summed E-state index contributed by atoms with van der Waals surface area (Å²) in [6, 6.07) is 4.06. The molecule has 3 rings (SSSR count). The lowest BCUT2D eigenvalue weighted by molar-refractivity contribution is 0.122. The quantitative estimate of drug-likeness (QED) is 0.833. The number of hydrogen-bond donors (Lipinski definition) is 1. The molecule has 1 aromatic heterocycles. The average Bonchev–Trinajstić information content (AvgIpc) is 2.49. The summed E-state index contributed by atoms with van der Waals surface area (Å²) >= 11 is 0. The van der Waals surface area contributed by atoms with Crippen molar-refractivity contribution in [2.45, 2.75) is 6.42 Å². The molecule has 0 aromatic carbocycles. The molecule has 5 heteroatoms. The van der Waals surface area contributed by atoms with Crippen LogP contribution in [0.1, 0.15) is 12.0 Å². The van der Waals surface area contributed by atoms with Gasteiger partial charge in [-0.05, 0) is 18.6 Å². The van der Waals surface area contributed by atoms with Gasteiger partial charge in [-0.15, -0.1) is 0 Å². The minimum atomic E-state index is 0.774. The Hall–Kier alpha value is -1.62. The Labute approximate surface area is 107 Å². The molecule has 0 bridgehead atoms. The molecule has 0 amide bonds. The van der Waals surface area contributed by atoms with Crippen LogP contribution in [0.2, 0.25) is 0 Å². The third-order valence-corrected chi connectivity index (χ3v) is 3.25. The van der Waals surface area contributed by atoms with Crippen molar-refractivity contribution in [3.8, 4) is 0 Å². The standard InChI is InChI=1S/C13H18N4O/c1-3-11(12-14-5-2-6-15-12)13(16-4-1)17-7-9-18-10-8-17/h1,3-4H,2,5-10H2,(H,14,15). The summed E-state index contributed by atoms with van der Waals surface area (Å²) in [5.41, 5.74) is 1.11. The van der Waals surface area contributed by atoms with Crippen molar-refractivity contribution in [3.05, 3.63) is 23.9 Å². The molecule has 1 N–H and O–H groups in total. The van der Waals surface area contributed by atoms with E-state index in [4.69, 9.17) is 4.74 Å². The van der Waals surface area contributed by atoms with Crippen LogP contribution in [0, 0.1) is 0 Å². The van der Waals surface area contributed by atoms with Gasteiger partial charge in [0.05, 0.1) is 18.8 Å². The Balaban J connectivity index is 1.91. The van der Waals surface area contributed by atoms with Gasteiger partial charge >= 0.3 is 0 Å². The zero-order chi connectivity index (χ0) is 12.2. The summed E-state index contributed by atoms with van der Waals surface area (Å²) in [6.07, 6.45) is 2.95. The molecule has 96 valence electrons. The van der Waals surface area contributed by atoms with Crippen molar-refractivity contribution in [1.29, 1.82) is 0 Å². The number of nitrogens with zero attached hydrogens (tertiary/aromatic N) is 3. The van der Waals surface area contributed by atoms with E-state index in [1.807, 2.05) is 12.3 Å². The highest BCUT2D eigenvalue weighted by Gasteiger charge is 2.19. The summed E-state index contributed by atoms with van der Waals surface area (Å²) in [5, 5.41) is 3.37. The van der Waals surface area contributed by atoms with Crippen LogP contribution in [0.4, 0.5) is 5.82 Å². The summed E-state index contributed by atoms with van der Waals surface area (Å²) in [7, 11) is 0. The lowest BCUT2D eigenvalue weighted by Gasteiger charge is -2.30. The monoisotopic (exact) mass is 246 g/mol. The fourth-order valence-corrected chi connectivity index (χ4v) is 2.32. The number of anilines is 1. The second kappa shape index (κ2) is 5.35. The van der Waals surface area contributed by atoms with Crippen LogP contribution in [0.25, 0.3) is 0 Å². The van der Waals surface area contributed by atoms with Gasteiger partial charge in [0.25, 0.3) is 0 Å². The number of aromatic nitrogens is 1. The first-order valence-electron chi connectivity index (χ1n) is 6.51. The second-order valence-corrected chi connectivity index (χ2v) is 4.48. The first-order chi connectivity index (χ1) is 8.95. The molecule has 1 aromatic rings. The first-order valence-corrected chi connectivity index (χ1v) is 6.51. The molecule has 0 saturated carbocycles. The molecular formula is C13H18N4O. The maximum Gasteiger partial charge on any atom is 0.139 e. The van der Waals surface area contributed by atoms with Gasteiger partial charge in [-0.2, -0.15) is 0 Å². The van der Waals surface area contributed by atoms with Gasteiger partial charge in [0.15, 0.2) is 0 Å². The number of aliphatic imine (C=N–C) groups is 1. The third kappa shape index (κ3) is 2.31. The number of ether oxygens (including phenoxy) is 1. The molecule has 5 nitrogen and oxygen atoms in total. The number of nitrogens with one attached hydrogen (secondary N) is 1. The smallest absolute Gasteiger partial charge is 0.139 e. The van der Waals surface area contributed by atoms with E-state index in [1.54, 1.807) is 0 Å². The first kappa shape index (κ1) is 11.5. The van der Waals surface area contributed by atoms with Crippen LogP contribution in [0.15, 0.2) is 23.3 Å². The summed E-state index contributed by atoms with van der Waals surface area (Å²) < 4.78 is 5.39. The zero-order valence-corrected chi connectivity index (χ0v) is 10.4. The molecule has 0 unspecified atom stereocenters. The maximum atomic E-state index is 5.39. The number of hydrogen-bond acceptors (Lipinski definition) is 5. The minimum absolute atomic E-state index is 0.774. The van der Waals surface area contributed by atoms with Crippen molar-refractivity contribution in [2.24, 2.45) is 4.99 Å². The molecule has 0 radical (unpaired) electrons. The van der Waals surface area contributed by atoms with Gasteiger partial charge in [-0.1, -0.05) is 0 Å². The van der Waals surface area contributed by atoms with E-state index in [2.05, 4.69) is 26.3 Å². The lowest BCUT2D eigenvalue weighted by atomic mass is 10.2. The van der Waals surface area contributed by atoms with E-state index in [9.17, 15) is 0 Å². The summed E-state index contributed by atoms with van der Waals surface area (Å²) in [6.45, 7) is 5.25. The topological polar surface area (TPSA) is 49.8 Å². The highest BCUT2D eigenvalue weighted by molar-refractivity contribution is 6.03. The summed E-state index contributed by atoms with van der Waals surface area (Å²) in [4.78, 5) is 11.4. The average molecular weight is 246 g/mol. The highest BCUT2D eigenvalue weighted by atomic mass is 16.5. The van der Waals surface area contributed by atoms with Gasteiger partial charge in [-0.25, -0.2) is 4.98 Å². The molecule has 1 saturated heterocycles. The van der Waals surface area contributed by atoms with Crippen LogP contribution in [-0.4, -0.2) is 50.2 Å². The Morgan fingerprint density at radius 2 is 2.17 bits per heavy atom. The maximum absolute atomic E-state index is 5.39. The Morgan fingerprint density at radius 1 is 1.28 bits per heavy atom. The van der Waals surface area contributed by atoms with Crippen molar-refractivity contribution in [3.63, 3.8) is 0 Å². The molecule has 3 heterocycles. The SMILES string of the molecule is c1cnc(N2CCOCC2)c(C2=NCCCN2)c1. The molecule has 0 atom stereocenters. The minimum Gasteiger partial charge on any atom is -0.378 e. The number of morpholine rings is 1. The number of amidine groups is 1. The van der Waals surface area contributed by atoms with Crippen LogP contribution in [0.3, 0.4) is 0 Å². The van der Waals surface area contributed by atoms with Gasteiger partial charge in [0.1, 0.15) is 11.7 Å². The molecule has 0 aliphatic carbocycles. The van der Waals surface area contributed by atoms with Crippen LogP contribution in [0.5, 0.6) is 0 Å². The molecule has 2 aliphatic rings. The van der Waals surface area contributed by atoms with Gasteiger partial charge < -0.3 is 15.0 Å². The van der Waals surface area contributed by atoms with E-state index >= 15 is 0 Å². The summed E-state index contributed by atoms with van der Waals surface area (Å²) in [5.74, 6) is 2.00. The number of pyridine rings is 1. The zero-order valence-electron chi connectivity index (χ0n) is 10.4. The van der Waals surface area contributed by atoms with Gasteiger partial charge in [0.2, 0.25) is 0 Å². The second-order valence-electron chi connectivity index (χ2n) is 4.48. The molecule has 2 aliphatic heterocycles. The molecule has 1 fully saturated rings. The van der Waals surface area contributed by atoms with Crippen LogP contribution in [-0.2, 0) is 4.74 Å². The Morgan fingerprint density at radius 3 is 2.94 bits per heavy atom. The lowest BCUT2D eigenvalue weighted by Crippen LogP contribution is -2.39. The molecular weight excluding hydrogens is 228 g/mol. The van der Waals surface area contributed by atoms with Crippen molar-refractivity contribution in [1.82, 2.24) is 10.3 Å². The number of rotatable bonds is 2. The van der Waals surface area contributed by atoms with E-state index in [1.165, 1.54) is 0 Å². The highest BCUT2D eigenvalue weighted by Crippen LogP contribution is 2.19. The van der Waals surface area contributed by atoms with Crippen molar-refractivity contribution in [2.75, 3.05) is 44.3 Å². The fourth-order valence-electron chi connectivity index (χ4n) is 2.32. The largest absolute Gasteiger partial charge is 0.378 e. The predicted molar refractivity (Wildman–Crippen MR) is 71.3 cm³/mol. The van der Waals surface area contributed by atoms with E-state index < -0.39 is 0 Å². The van der Waals surface area contributed by atoms with Crippen molar-refractivity contribution < 1.29 is 4.74 Å². The normalized spacial score (nSPS) is 20.2. The van der Waals surface area contributed by atoms with E-state index in [0.29, 0.717) is 0 Å². The van der Waals surface area contributed by atoms with E-state index in [-0.39, 0.29) is 0 Å². The van der Waals surface area contributed by atoms with Crippen LogP contribution < -0.4 is 10.2 Å². The fraction of sp³-hybridized carbons (Fsp3) is 0.538. The van der Waals surface area contributed by atoms with E-state index in [0.717, 1.165) is 63.0 Å². The third-order valence-electron chi connectivity index (χ3n) is 3.25. The Kier molecular flexibility index (Phi) is 3.41. The molecule has 0 spiro atoms. The van der Waals surface area contributed by atoms with Gasteiger partial charge in [-0.3, -0.25) is 4.99 Å². The van der Waals surface area contributed by atoms with Crippen molar-refractivity contribution >= 4 is 11.7 Å². The Bertz CT molecular complexity index is 440. The molecule has 18 heavy (non-hydrogen) atoms. The van der Waals surface area contributed by atoms with Gasteiger partial charge in [0, 0.05) is 32.4 Å². The van der Waals surface area contributed by atoms with Crippen LogP contribution >= 0.6 is 0 Å². The predicted octanol–water partition coefficient (Wildman–Crippen LogP) is 0.658.